The molecule has 18 heavy (non-hydrogen) atoms. The summed E-state index contributed by atoms with van der Waals surface area (Å²) in [6.07, 6.45) is 0.768. The SMILES string of the molecule is CCCn1c(=O)oc2cc(C(=O)C(=O)O)ccc21. The number of carbonyl (C=O) groups excluding carboxylic acids is 1. The minimum absolute atomic E-state index is 0.00704. The van der Waals surface area contributed by atoms with Crippen LogP contribution in [0.5, 0.6) is 0 Å². The van der Waals surface area contributed by atoms with E-state index in [1.165, 1.54) is 22.8 Å². The van der Waals surface area contributed by atoms with Crippen LogP contribution in [0.15, 0.2) is 27.4 Å². The number of benzene rings is 1. The Kier molecular flexibility index (Phi) is 3.01. The maximum absolute atomic E-state index is 11.5. The van der Waals surface area contributed by atoms with E-state index in [2.05, 4.69) is 0 Å². The van der Waals surface area contributed by atoms with Crippen LogP contribution < -0.4 is 5.76 Å². The van der Waals surface area contributed by atoms with Crippen LogP contribution in [0.4, 0.5) is 0 Å². The van der Waals surface area contributed by atoms with Crippen molar-refractivity contribution in [3.63, 3.8) is 0 Å². The Balaban J connectivity index is 2.57. The zero-order valence-corrected chi connectivity index (χ0v) is 9.67. The minimum Gasteiger partial charge on any atom is -0.475 e. The summed E-state index contributed by atoms with van der Waals surface area (Å²) in [7, 11) is 0. The van der Waals surface area contributed by atoms with Crippen LogP contribution in [-0.2, 0) is 11.3 Å². The van der Waals surface area contributed by atoms with Crippen molar-refractivity contribution in [3.05, 3.63) is 34.3 Å². The third kappa shape index (κ3) is 1.92. The fourth-order valence-corrected chi connectivity index (χ4v) is 1.77. The van der Waals surface area contributed by atoms with Gasteiger partial charge in [0.1, 0.15) is 0 Å². The van der Waals surface area contributed by atoms with Crippen LogP contribution in [0.25, 0.3) is 11.1 Å². The normalized spacial score (nSPS) is 10.7. The molecule has 1 heterocycles. The van der Waals surface area contributed by atoms with Crippen LogP contribution >= 0.6 is 0 Å². The second-order valence-electron chi connectivity index (χ2n) is 3.84. The van der Waals surface area contributed by atoms with Crippen molar-refractivity contribution in [2.45, 2.75) is 19.9 Å². The fourth-order valence-electron chi connectivity index (χ4n) is 1.77. The van der Waals surface area contributed by atoms with Gasteiger partial charge in [0.05, 0.1) is 5.52 Å². The number of oxazole rings is 1. The molecule has 0 atom stereocenters. The number of hydrogen-bond acceptors (Lipinski definition) is 4. The third-order valence-corrected chi connectivity index (χ3v) is 2.57. The Labute approximate surface area is 101 Å². The molecular weight excluding hydrogens is 238 g/mol. The van der Waals surface area contributed by atoms with Gasteiger partial charge in [0.15, 0.2) is 5.58 Å². The van der Waals surface area contributed by atoms with Gasteiger partial charge in [0.2, 0.25) is 0 Å². The summed E-state index contributed by atoms with van der Waals surface area (Å²) in [5.74, 6) is -3.07. The van der Waals surface area contributed by atoms with E-state index < -0.39 is 17.5 Å². The highest BCUT2D eigenvalue weighted by Gasteiger charge is 2.17. The van der Waals surface area contributed by atoms with E-state index in [1.807, 2.05) is 6.92 Å². The summed E-state index contributed by atoms with van der Waals surface area (Å²) in [4.78, 5) is 33.4. The predicted molar refractivity (Wildman–Crippen MR) is 62.7 cm³/mol. The first kappa shape index (κ1) is 12.1. The largest absolute Gasteiger partial charge is 0.475 e. The molecule has 0 saturated heterocycles. The maximum Gasteiger partial charge on any atom is 0.419 e. The number of Topliss-reactive ketones (excluding diaryl/α,β-unsaturated/α-hetero) is 1. The molecule has 0 aliphatic heterocycles. The Morgan fingerprint density at radius 3 is 2.72 bits per heavy atom. The molecule has 1 aromatic heterocycles. The van der Waals surface area contributed by atoms with Crippen molar-refractivity contribution < 1.29 is 19.1 Å². The van der Waals surface area contributed by atoms with E-state index in [4.69, 9.17) is 9.52 Å². The first-order valence-electron chi connectivity index (χ1n) is 5.45. The Morgan fingerprint density at radius 2 is 2.11 bits per heavy atom. The zero-order valence-electron chi connectivity index (χ0n) is 9.67. The van der Waals surface area contributed by atoms with Crippen molar-refractivity contribution >= 4 is 22.9 Å². The smallest absolute Gasteiger partial charge is 0.419 e. The minimum atomic E-state index is -1.54. The Bertz CT molecular complexity index is 679. The van der Waals surface area contributed by atoms with Gasteiger partial charge in [-0.1, -0.05) is 6.92 Å². The molecular formula is C12H11NO5. The molecule has 94 valence electrons. The van der Waals surface area contributed by atoms with Gasteiger partial charge in [-0.05, 0) is 24.6 Å². The van der Waals surface area contributed by atoms with Gasteiger partial charge in [-0.3, -0.25) is 9.36 Å². The highest BCUT2D eigenvalue weighted by molar-refractivity contribution is 6.40. The quantitative estimate of drug-likeness (QED) is 0.651. The maximum atomic E-state index is 11.5. The number of ketones is 1. The van der Waals surface area contributed by atoms with Crippen LogP contribution in [0.1, 0.15) is 23.7 Å². The van der Waals surface area contributed by atoms with Gasteiger partial charge in [0.25, 0.3) is 5.78 Å². The summed E-state index contributed by atoms with van der Waals surface area (Å²) in [6, 6.07) is 4.17. The number of carboxylic acids is 1. The highest BCUT2D eigenvalue weighted by Crippen LogP contribution is 2.16. The van der Waals surface area contributed by atoms with Gasteiger partial charge in [-0.15, -0.1) is 0 Å². The van der Waals surface area contributed by atoms with E-state index in [-0.39, 0.29) is 11.1 Å². The van der Waals surface area contributed by atoms with E-state index in [0.717, 1.165) is 6.42 Å². The van der Waals surface area contributed by atoms with Crippen molar-refractivity contribution in [1.82, 2.24) is 4.57 Å². The van der Waals surface area contributed by atoms with E-state index in [0.29, 0.717) is 12.1 Å². The van der Waals surface area contributed by atoms with Gasteiger partial charge in [0, 0.05) is 12.1 Å². The van der Waals surface area contributed by atoms with Crippen LogP contribution in [-0.4, -0.2) is 21.4 Å². The number of fused-ring (bicyclic) bond motifs is 1. The van der Waals surface area contributed by atoms with E-state index >= 15 is 0 Å². The average molecular weight is 249 g/mol. The molecule has 0 spiro atoms. The predicted octanol–water partition coefficient (Wildman–Crippen LogP) is 1.27. The molecule has 2 rings (SSSR count). The lowest BCUT2D eigenvalue weighted by molar-refractivity contribution is -0.131. The number of aromatic nitrogens is 1. The number of rotatable bonds is 4. The Morgan fingerprint density at radius 1 is 1.39 bits per heavy atom. The summed E-state index contributed by atoms with van der Waals surface area (Å²) in [5, 5.41) is 8.60. The molecule has 0 aliphatic carbocycles. The van der Waals surface area contributed by atoms with Gasteiger partial charge < -0.3 is 9.52 Å². The number of aliphatic carboxylic acids is 1. The Hall–Kier alpha value is -2.37. The molecule has 6 heteroatoms. The van der Waals surface area contributed by atoms with E-state index in [9.17, 15) is 14.4 Å². The molecule has 0 amide bonds. The highest BCUT2D eigenvalue weighted by atomic mass is 16.4. The van der Waals surface area contributed by atoms with Crippen molar-refractivity contribution in [2.24, 2.45) is 0 Å². The first-order chi connectivity index (χ1) is 8.54. The van der Waals surface area contributed by atoms with Crippen molar-refractivity contribution in [1.29, 1.82) is 0 Å². The molecule has 1 aromatic carbocycles. The second kappa shape index (κ2) is 4.48. The molecule has 0 bridgehead atoms. The molecule has 1 N–H and O–H groups in total. The second-order valence-corrected chi connectivity index (χ2v) is 3.84. The summed E-state index contributed by atoms with van der Waals surface area (Å²) >= 11 is 0. The lowest BCUT2D eigenvalue weighted by Gasteiger charge is -1.99. The van der Waals surface area contributed by atoms with Crippen LogP contribution in [0, 0.1) is 0 Å². The lowest BCUT2D eigenvalue weighted by Crippen LogP contribution is -2.13. The topological polar surface area (TPSA) is 89.5 Å². The molecule has 0 saturated carbocycles. The number of carbonyl (C=O) groups is 2. The molecule has 0 radical (unpaired) electrons. The monoisotopic (exact) mass is 249 g/mol. The molecule has 2 aromatic rings. The third-order valence-electron chi connectivity index (χ3n) is 2.57. The summed E-state index contributed by atoms with van der Waals surface area (Å²) < 4.78 is 6.43. The summed E-state index contributed by atoms with van der Waals surface area (Å²) in [5.41, 5.74) is 0.775. The standard InChI is InChI=1S/C12H11NO5/c1-2-5-13-8-4-3-7(10(14)11(15)16)6-9(8)18-12(13)17/h3-4,6H,2,5H2,1H3,(H,15,16). The first-order valence-corrected chi connectivity index (χ1v) is 5.45. The summed E-state index contributed by atoms with van der Waals surface area (Å²) in [6.45, 7) is 2.44. The lowest BCUT2D eigenvalue weighted by atomic mass is 10.1. The molecule has 0 fully saturated rings. The fraction of sp³-hybridized carbons (Fsp3) is 0.250. The van der Waals surface area contributed by atoms with Gasteiger partial charge >= 0.3 is 11.7 Å². The van der Waals surface area contributed by atoms with Crippen molar-refractivity contribution in [3.8, 4) is 0 Å². The van der Waals surface area contributed by atoms with Gasteiger partial charge in [-0.25, -0.2) is 9.59 Å². The van der Waals surface area contributed by atoms with E-state index in [1.54, 1.807) is 0 Å². The number of aryl methyl sites for hydroxylation is 1. The molecule has 0 aliphatic rings. The average Bonchev–Trinajstić information content (AvgIpc) is 2.64. The van der Waals surface area contributed by atoms with Gasteiger partial charge in [-0.2, -0.15) is 0 Å². The van der Waals surface area contributed by atoms with Crippen LogP contribution in [0.2, 0.25) is 0 Å². The number of hydrogen-bond donors (Lipinski definition) is 1. The number of nitrogens with zero attached hydrogens (tertiary/aromatic N) is 1. The molecule has 0 unspecified atom stereocenters. The zero-order chi connectivity index (χ0) is 13.3. The van der Waals surface area contributed by atoms with Crippen LogP contribution in [0.3, 0.4) is 0 Å². The molecule has 6 nitrogen and oxygen atoms in total. The number of carboxylic acid groups (broad SMARTS) is 1. The van der Waals surface area contributed by atoms with Crippen molar-refractivity contribution in [2.75, 3.05) is 0 Å².